The van der Waals surface area contributed by atoms with Gasteiger partial charge in [-0.2, -0.15) is 0 Å². The van der Waals surface area contributed by atoms with Gasteiger partial charge in [0.2, 0.25) is 0 Å². The van der Waals surface area contributed by atoms with Crippen molar-refractivity contribution in [2.24, 2.45) is 0 Å². The molecule has 2 amide bonds. The van der Waals surface area contributed by atoms with Crippen molar-refractivity contribution in [3.05, 3.63) is 47.5 Å². The summed E-state index contributed by atoms with van der Waals surface area (Å²) in [4.78, 5) is 13.5. The number of nitrogens with one attached hydrogen (secondary N) is 1. The number of hydrogen-bond acceptors (Lipinski definition) is 1. The Kier molecular flexibility index (Phi) is 2.39. The van der Waals surface area contributed by atoms with Gasteiger partial charge in [0.15, 0.2) is 0 Å². The molecule has 0 saturated carbocycles. The molecule has 1 unspecified atom stereocenters. The Morgan fingerprint density at radius 3 is 2.88 bits per heavy atom. The lowest BCUT2D eigenvalue weighted by Gasteiger charge is -2.35. The largest absolute Gasteiger partial charge is 0.337 e. The fourth-order valence-electron chi connectivity index (χ4n) is 2.50. The fraction of sp³-hybridized carbons (Fsp3) is 0.357. The molecule has 1 fully saturated rings. The van der Waals surface area contributed by atoms with E-state index in [2.05, 4.69) is 36.2 Å². The average molecular weight is 228 g/mol. The van der Waals surface area contributed by atoms with Crippen LogP contribution in [-0.2, 0) is 6.42 Å². The van der Waals surface area contributed by atoms with Gasteiger partial charge >= 0.3 is 6.03 Å². The number of carbonyl (C=O) groups excluding carboxylic acids is 1. The van der Waals surface area contributed by atoms with Crippen LogP contribution in [0.25, 0.3) is 0 Å². The van der Waals surface area contributed by atoms with E-state index in [0.29, 0.717) is 19.0 Å². The van der Waals surface area contributed by atoms with Crippen molar-refractivity contribution in [1.29, 1.82) is 0 Å². The highest BCUT2D eigenvalue weighted by atomic mass is 16.2. The Morgan fingerprint density at radius 2 is 2.18 bits per heavy atom. The predicted octanol–water partition coefficient (Wildman–Crippen LogP) is 1.91. The van der Waals surface area contributed by atoms with Crippen LogP contribution in [0, 0.1) is 0 Å². The SMILES string of the molecule is C=C1CN(C(=O)NCC2Cc3ccccc32)C1. The summed E-state index contributed by atoms with van der Waals surface area (Å²) in [6.45, 7) is 6.00. The van der Waals surface area contributed by atoms with Crippen LogP contribution in [-0.4, -0.2) is 30.6 Å². The summed E-state index contributed by atoms with van der Waals surface area (Å²) < 4.78 is 0. The smallest absolute Gasteiger partial charge is 0.318 e. The Hall–Kier alpha value is -1.77. The van der Waals surface area contributed by atoms with Crippen molar-refractivity contribution < 1.29 is 4.79 Å². The molecular formula is C14H16N2O. The normalized spacial score (nSPS) is 21.3. The van der Waals surface area contributed by atoms with E-state index in [1.807, 2.05) is 0 Å². The number of nitrogens with zero attached hydrogens (tertiary/aromatic N) is 1. The second-order valence-corrected chi connectivity index (χ2v) is 4.89. The molecule has 1 atom stereocenters. The second kappa shape index (κ2) is 3.91. The zero-order chi connectivity index (χ0) is 11.8. The molecule has 3 rings (SSSR count). The zero-order valence-electron chi connectivity index (χ0n) is 9.78. The van der Waals surface area contributed by atoms with E-state index in [1.54, 1.807) is 4.90 Å². The first-order valence-electron chi connectivity index (χ1n) is 6.01. The van der Waals surface area contributed by atoms with E-state index in [0.717, 1.165) is 18.5 Å². The molecule has 1 aliphatic heterocycles. The highest BCUT2D eigenvalue weighted by molar-refractivity contribution is 5.76. The van der Waals surface area contributed by atoms with Crippen molar-refractivity contribution in [2.45, 2.75) is 12.3 Å². The van der Waals surface area contributed by atoms with Crippen molar-refractivity contribution in [1.82, 2.24) is 10.2 Å². The van der Waals surface area contributed by atoms with Crippen molar-refractivity contribution in [3.63, 3.8) is 0 Å². The average Bonchev–Trinajstić information content (AvgIpc) is 2.26. The number of fused-ring (bicyclic) bond motifs is 1. The van der Waals surface area contributed by atoms with Gasteiger partial charge in [-0.15, -0.1) is 0 Å². The minimum atomic E-state index is 0.0433. The summed E-state index contributed by atoms with van der Waals surface area (Å²) in [6, 6.07) is 8.49. The maximum absolute atomic E-state index is 11.7. The van der Waals surface area contributed by atoms with Crippen LogP contribution in [0.15, 0.2) is 36.4 Å². The van der Waals surface area contributed by atoms with Gasteiger partial charge in [-0.3, -0.25) is 0 Å². The van der Waals surface area contributed by atoms with E-state index in [9.17, 15) is 4.79 Å². The van der Waals surface area contributed by atoms with Crippen molar-refractivity contribution in [2.75, 3.05) is 19.6 Å². The summed E-state index contributed by atoms with van der Waals surface area (Å²) in [5.74, 6) is 0.500. The number of carbonyl (C=O) groups is 1. The molecule has 1 N–H and O–H groups in total. The Balaban J connectivity index is 1.50. The number of likely N-dealkylation sites (tertiary alicyclic amines) is 1. The number of amides is 2. The molecule has 0 aromatic heterocycles. The summed E-state index contributed by atoms with van der Waals surface area (Å²) >= 11 is 0. The second-order valence-electron chi connectivity index (χ2n) is 4.89. The van der Waals surface area contributed by atoms with Gasteiger partial charge in [-0.05, 0) is 23.1 Å². The molecular weight excluding hydrogens is 212 g/mol. The van der Waals surface area contributed by atoms with Crippen molar-refractivity contribution in [3.8, 4) is 0 Å². The standard InChI is InChI=1S/C14H16N2O/c1-10-8-16(9-10)14(17)15-7-12-6-11-4-2-3-5-13(11)12/h2-5,12H,1,6-9H2,(H,15,17). The van der Waals surface area contributed by atoms with Crippen molar-refractivity contribution >= 4 is 6.03 Å². The third-order valence-electron chi connectivity index (χ3n) is 3.58. The first-order chi connectivity index (χ1) is 8.24. The molecule has 2 aliphatic rings. The molecule has 3 heteroatoms. The fourth-order valence-corrected chi connectivity index (χ4v) is 2.50. The molecule has 1 aromatic carbocycles. The highest BCUT2D eigenvalue weighted by Gasteiger charge is 2.28. The number of rotatable bonds is 2. The lowest BCUT2D eigenvalue weighted by molar-refractivity contribution is 0.190. The molecule has 0 radical (unpaired) electrons. The summed E-state index contributed by atoms with van der Waals surface area (Å²) in [5.41, 5.74) is 3.94. The van der Waals surface area contributed by atoms with Gasteiger partial charge in [0, 0.05) is 25.6 Å². The van der Waals surface area contributed by atoms with Gasteiger partial charge in [0.25, 0.3) is 0 Å². The molecule has 0 spiro atoms. The number of hydrogen-bond donors (Lipinski definition) is 1. The molecule has 17 heavy (non-hydrogen) atoms. The Bertz CT molecular complexity index is 473. The van der Waals surface area contributed by atoms with Crippen LogP contribution in [0.3, 0.4) is 0 Å². The van der Waals surface area contributed by atoms with Crippen LogP contribution in [0.5, 0.6) is 0 Å². The van der Waals surface area contributed by atoms with E-state index in [1.165, 1.54) is 11.1 Å². The van der Waals surface area contributed by atoms with E-state index in [-0.39, 0.29) is 6.03 Å². The Morgan fingerprint density at radius 1 is 1.41 bits per heavy atom. The lowest BCUT2D eigenvalue weighted by atomic mass is 9.78. The molecule has 1 aliphatic carbocycles. The summed E-state index contributed by atoms with van der Waals surface area (Å²) in [6.07, 6.45) is 1.09. The van der Waals surface area contributed by atoms with E-state index in [4.69, 9.17) is 0 Å². The maximum atomic E-state index is 11.7. The Labute approximate surface area is 101 Å². The van der Waals surface area contributed by atoms with Crippen LogP contribution >= 0.6 is 0 Å². The van der Waals surface area contributed by atoms with Crippen LogP contribution in [0.4, 0.5) is 4.79 Å². The maximum Gasteiger partial charge on any atom is 0.318 e. The topological polar surface area (TPSA) is 32.3 Å². The first-order valence-corrected chi connectivity index (χ1v) is 6.01. The first kappa shape index (κ1) is 10.4. The van der Waals surface area contributed by atoms with E-state index < -0.39 is 0 Å². The minimum absolute atomic E-state index is 0.0433. The third-order valence-corrected chi connectivity index (χ3v) is 3.58. The quantitative estimate of drug-likeness (QED) is 0.770. The van der Waals surface area contributed by atoms with Gasteiger partial charge in [-0.25, -0.2) is 4.79 Å². The van der Waals surface area contributed by atoms with Crippen LogP contribution in [0.1, 0.15) is 17.0 Å². The zero-order valence-corrected chi connectivity index (χ0v) is 9.78. The molecule has 1 aromatic rings. The monoisotopic (exact) mass is 228 g/mol. The van der Waals surface area contributed by atoms with Crippen LogP contribution < -0.4 is 5.32 Å². The van der Waals surface area contributed by atoms with Crippen LogP contribution in [0.2, 0.25) is 0 Å². The number of urea groups is 1. The van der Waals surface area contributed by atoms with E-state index >= 15 is 0 Å². The third kappa shape index (κ3) is 1.82. The summed E-state index contributed by atoms with van der Waals surface area (Å²) in [7, 11) is 0. The molecule has 1 saturated heterocycles. The number of benzene rings is 1. The van der Waals surface area contributed by atoms with Gasteiger partial charge in [-0.1, -0.05) is 30.8 Å². The lowest BCUT2D eigenvalue weighted by Crippen LogP contribution is -2.50. The highest BCUT2D eigenvalue weighted by Crippen LogP contribution is 2.34. The molecule has 3 nitrogen and oxygen atoms in total. The van der Waals surface area contributed by atoms with Gasteiger partial charge < -0.3 is 10.2 Å². The predicted molar refractivity (Wildman–Crippen MR) is 67.0 cm³/mol. The summed E-state index contributed by atoms with van der Waals surface area (Å²) in [5, 5.41) is 2.99. The van der Waals surface area contributed by atoms with Gasteiger partial charge in [0.1, 0.15) is 0 Å². The molecule has 1 heterocycles. The van der Waals surface area contributed by atoms with Gasteiger partial charge in [0.05, 0.1) is 0 Å². The molecule has 88 valence electrons. The minimum Gasteiger partial charge on any atom is -0.337 e. The molecule has 0 bridgehead atoms.